The first-order valence-electron chi connectivity index (χ1n) is 5.79. The number of esters is 1. The average Bonchev–Trinajstić information content (AvgIpc) is 2.43. The van der Waals surface area contributed by atoms with Crippen LogP contribution in [0.2, 0.25) is 5.02 Å². The zero-order valence-corrected chi connectivity index (χ0v) is 11.7. The molecule has 0 aliphatic carbocycles. The molecule has 106 valence electrons. The monoisotopic (exact) mass is 288 g/mol. The van der Waals surface area contributed by atoms with Gasteiger partial charge in [0.15, 0.2) is 11.5 Å². The maximum Gasteiger partial charge on any atom is 0.305 e. The molecule has 19 heavy (non-hydrogen) atoms. The van der Waals surface area contributed by atoms with E-state index in [0.717, 1.165) is 0 Å². The molecule has 0 aromatic heterocycles. The van der Waals surface area contributed by atoms with Gasteiger partial charge in [-0.1, -0.05) is 11.6 Å². The van der Waals surface area contributed by atoms with Crippen molar-refractivity contribution in [1.29, 1.82) is 0 Å². The molecule has 0 aliphatic rings. The van der Waals surface area contributed by atoms with Crippen molar-refractivity contribution in [2.24, 2.45) is 0 Å². The normalized spacial score (nSPS) is 10.1. The highest BCUT2D eigenvalue weighted by atomic mass is 35.5. The number of carbonyl (C=O) groups is 1. The lowest BCUT2D eigenvalue weighted by molar-refractivity contribution is -0.140. The predicted molar refractivity (Wildman–Crippen MR) is 70.7 cm³/mol. The van der Waals surface area contributed by atoms with Crippen LogP contribution in [0, 0.1) is 0 Å². The van der Waals surface area contributed by atoms with Crippen LogP contribution in [0.25, 0.3) is 0 Å². The van der Waals surface area contributed by atoms with E-state index in [9.17, 15) is 9.90 Å². The first kappa shape index (κ1) is 15.6. The largest absolute Gasteiger partial charge is 0.493 e. The van der Waals surface area contributed by atoms with Crippen LogP contribution in [0.1, 0.15) is 18.4 Å². The molecule has 0 spiro atoms. The fraction of sp³-hybridized carbons (Fsp3) is 0.462. The molecule has 1 N–H and O–H groups in total. The van der Waals surface area contributed by atoms with E-state index in [1.807, 2.05) is 0 Å². The molecule has 0 aliphatic heterocycles. The highest BCUT2D eigenvalue weighted by Crippen LogP contribution is 2.34. The fourth-order valence-electron chi connectivity index (χ4n) is 1.55. The van der Waals surface area contributed by atoms with Crippen molar-refractivity contribution in [2.45, 2.75) is 19.4 Å². The Morgan fingerprint density at radius 1 is 1.37 bits per heavy atom. The second-order valence-electron chi connectivity index (χ2n) is 3.78. The molecule has 0 fully saturated rings. The average molecular weight is 289 g/mol. The van der Waals surface area contributed by atoms with Crippen molar-refractivity contribution >= 4 is 17.6 Å². The maximum atomic E-state index is 11.0. The zero-order chi connectivity index (χ0) is 14.3. The van der Waals surface area contributed by atoms with Gasteiger partial charge in [0.1, 0.15) is 0 Å². The summed E-state index contributed by atoms with van der Waals surface area (Å²) < 4.78 is 15.2. The molecule has 0 heterocycles. The van der Waals surface area contributed by atoms with E-state index in [-0.39, 0.29) is 19.0 Å². The van der Waals surface area contributed by atoms with E-state index >= 15 is 0 Å². The van der Waals surface area contributed by atoms with E-state index in [1.165, 1.54) is 14.2 Å². The first-order chi connectivity index (χ1) is 9.12. The lowest BCUT2D eigenvalue weighted by Gasteiger charge is -2.14. The van der Waals surface area contributed by atoms with E-state index < -0.39 is 0 Å². The van der Waals surface area contributed by atoms with E-state index in [2.05, 4.69) is 4.74 Å². The highest BCUT2D eigenvalue weighted by molar-refractivity contribution is 6.30. The molecule has 1 aromatic carbocycles. The fourth-order valence-corrected chi connectivity index (χ4v) is 1.78. The summed E-state index contributed by atoms with van der Waals surface area (Å²) in [6, 6.07) is 3.22. The standard InChI is InChI=1S/C13H17ClO5/c1-17-11-7-10(14)6-9(8-15)13(11)19-5-3-4-12(16)18-2/h6-7,15H,3-5,8H2,1-2H3. The highest BCUT2D eigenvalue weighted by Gasteiger charge is 2.12. The molecule has 0 atom stereocenters. The molecule has 0 bridgehead atoms. The zero-order valence-electron chi connectivity index (χ0n) is 10.9. The number of aliphatic hydroxyl groups excluding tert-OH is 1. The Labute approximate surface area is 117 Å². The van der Waals surface area contributed by atoms with Crippen LogP contribution in [0.3, 0.4) is 0 Å². The van der Waals surface area contributed by atoms with E-state index in [0.29, 0.717) is 35.1 Å². The second kappa shape index (κ2) is 7.86. The molecule has 0 amide bonds. The molecule has 0 unspecified atom stereocenters. The molecule has 0 saturated carbocycles. The summed E-state index contributed by atoms with van der Waals surface area (Å²) in [6.07, 6.45) is 0.796. The van der Waals surface area contributed by atoms with Crippen molar-refractivity contribution < 1.29 is 24.1 Å². The van der Waals surface area contributed by atoms with Gasteiger partial charge in [-0.2, -0.15) is 0 Å². The van der Waals surface area contributed by atoms with Gasteiger partial charge in [-0.05, 0) is 12.5 Å². The van der Waals surface area contributed by atoms with Crippen LogP contribution in [0.4, 0.5) is 0 Å². The molecular weight excluding hydrogens is 272 g/mol. The van der Waals surface area contributed by atoms with Gasteiger partial charge >= 0.3 is 5.97 Å². The Morgan fingerprint density at radius 3 is 2.68 bits per heavy atom. The van der Waals surface area contributed by atoms with E-state index in [1.54, 1.807) is 12.1 Å². The number of methoxy groups -OCH3 is 2. The minimum atomic E-state index is -0.283. The smallest absolute Gasteiger partial charge is 0.305 e. The van der Waals surface area contributed by atoms with Crippen molar-refractivity contribution in [3.63, 3.8) is 0 Å². The summed E-state index contributed by atoms with van der Waals surface area (Å²) in [5.74, 6) is 0.614. The van der Waals surface area contributed by atoms with E-state index in [4.69, 9.17) is 21.1 Å². The Kier molecular flexibility index (Phi) is 6.45. The summed E-state index contributed by atoms with van der Waals surface area (Å²) in [6.45, 7) is 0.114. The predicted octanol–water partition coefficient (Wildman–Crippen LogP) is 2.17. The molecule has 1 rings (SSSR count). The van der Waals surface area contributed by atoms with Crippen LogP contribution in [0.5, 0.6) is 11.5 Å². The first-order valence-corrected chi connectivity index (χ1v) is 6.17. The summed E-state index contributed by atoms with van der Waals surface area (Å²) in [5.41, 5.74) is 0.544. The second-order valence-corrected chi connectivity index (χ2v) is 4.22. The van der Waals surface area contributed by atoms with Gasteiger partial charge in [0.25, 0.3) is 0 Å². The van der Waals surface area contributed by atoms with Gasteiger partial charge in [0.2, 0.25) is 0 Å². The van der Waals surface area contributed by atoms with Crippen LogP contribution in [0.15, 0.2) is 12.1 Å². The van der Waals surface area contributed by atoms with Crippen molar-refractivity contribution in [3.8, 4) is 11.5 Å². The summed E-state index contributed by atoms with van der Waals surface area (Å²) in [5, 5.41) is 9.74. The minimum Gasteiger partial charge on any atom is -0.493 e. The van der Waals surface area contributed by atoms with Crippen molar-refractivity contribution in [1.82, 2.24) is 0 Å². The van der Waals surface area contributed by atoms with Crippen LogP contribution >= 0.6 is 11.6 Å². The number of carbonyl (C=O) groups excluding carboxylic acids is 1. The molecular formula is C13H17ClO5. The third-order valence-electron chi connectivity index (χ3n) is 2.49. The van der Waals surface area contributed by atoms with Crippen LogP contribution < -0.4 is 9.47 Å². The number of benzene rings is 1. The maximum absolute atomic E-state index is 11.0. The molecule has 0 saturated heterocycles. The van der Waals surface area contributed by atoms with Gasteiger partial charge < -0.3 is 19.3 Å². The SMILES string of the molecule is COC(=O)CCCOc1c(CO)cc(Cl)cc1OC. The van der Waals surface area contributed by atoms with Gasteiger partial charge in [-0.3, -0.25) is 4.79 Å². The molecule has 6 heteroatoms. The Morgan fingerprint density at radius 2 is 2.11 bits per heavy atom. The number of aliphatic hydroxyl groups is 1. The number of rotatable bonds is 7. The van der Waals surface area contributed by atoms with Gasteiger partial charge in [0, 0.05) is 23.1 Å². The van der Waals surface area contributed by atoms with Gasteiger partial charge in [-0.25, -0.2) is 0 Å². The molecule has 1 aromatic rings. The quantitative estimate of drug-likeness (QED) is 0.615. The van der Waals surface area contributed by atoms with Gasteiger partial charge in [-0.15, -0.1) is 0 Å². The number of halogens is 1. The summed E-state index contributed by atoms with van der Waals surface area (Å²) in [4.78, 5) is 11.0. The number of hydrogen-bond acceptors (Lipinski definition) is 5. The number of ether oxygens (including phenoxy) is 3. The summed E-state index contributed by atoms with van der Waals surface area (Å²) in [7, 11) is 2.84. The molecule has 5 nitrogen and oxygen atoms in total. The molecule has 0 radical (unpaired) electrons. The van der Waals surface area contributed by atoms with Crippen molar-refractivity contribution in [2.75, 3.05) is 20.8 Å². The van der Waals surface area contributed by atoms with Crippen LogP contribution in [-0.4, -0.2) is 31.9 Å². The Hall–Kier alpha value is -1.46. The third kappa shape index (κ3) is 4.61. The Balaban J connectivity index is 2.68. The minimum absolute atomic E-state index is 0.205. The lowest BCUT2D eigenvalue weighted by Crippen LogP contribution is -2.06. The topological polar surface area (TPSA) is 65.0 Å². The van der Waals surface area contributed by atoms with Crippen molar-refractivity contribution in [3.05, 3.63) is 22.7 Å². The van der Waals surface area contributed by atoms with Crippen LogP contribution in [-0.2, 0) is 16.1 Å². The number of hydrogen-bond donors (Lipinski definition) is 1. The van der Waals surface area contributed by atoms with Gasteiger partial charge in [0.05, 0.1) is 27.4 Å². The third-order valence-corrected chi connectivity index (χ3v) is 2.70. The summed E-state index contributed by atoms with van der Waals surface area (Å²) >= 11 is 5.89. The Bertz CT molecular complexity index is 408. The lowest BCUT2D eigenvalue weighted by atomic mass is 10.2.